The van der Waals surface area contributed by atoms with Crippen molar-refractivity contribution < 1.29 is 4.79 Å². The maximum atomic E-state index is 13.2. The molecule has 1 aromatic heterocycles. The van der Waals surface area contributed by atoms with Crippen molar-refractivity contribution in [2.75, 3.05) is 4.90 Å². The lowest BCUT2D eigenvalue weighted by Gasteiger charge is -2.14. The maximum absolute atomic E-state index is 13.2. The van der Waals surface area contributed by atoms with Crippen LogP contribution in [-0.2, 0) is 11.3 Å². The first-order valence-electron chi connectivity index (χ1n) is 10.2. The number of hydrogen-bond acceptors (Lipinski definition) is 3. The minimum atomic E-state index is -0.113. The van der Waals surface area contributed by atoms with Gasteiger partial charge in [0.05, 0.1) is 10.6 Å². The van der Waals surface area contributed by atoms with Crippen molar-refractivity contribution in [1.82, 2.24) is 4.57 Å². The molecule has 2 heterocycles. The molecule has 6 heteroatoms. The Balaban J connectivity index is 1.51. The fourth-order valence-electron chi connectivity index (χ4n) is 3.83. The summed E-state index contributed by atoms with van der Waals surface area (Å²) in [7, 11) is 0. The number of benzene rings is 3. The van der Waals surface area contributed by atoms with E-state index in [0.717, 1.165) is 28.7 Å². The quantitative estimate of drug-likeness (QED) is 0.234. The van der Waals surface area contributed by atoms with E-state index in [4.69, 9.17) is 23.8 Å². The molecule has 1 aliphatic rings. The molecule has 1 aliphatic heterocycles. The van der Waals surface area contributed by atoms with E-state index in [1.807, 2.05) is 30.3 Å². The average molecular weight is 475 g/mol. The van der Waals surface area contributed by atoms with Gasteiger partial charge in [-0.1, -0.05) is 83.6 Å². The summed E-state index contributed by atoms with van der Waals surface area (Å²) in [5.41, 5.74) is 5.34. The van der Waals surface area contributed by atoms with E-state index in [-0.39, 0.29) is 5.91 Å². The van der Waals surface area contributed by atoms with E-state index < -0.39 is 0 Å². The molecule has 0 N–H and O–H groups in total. The molecule has 158 valence electrons. The molecule has 0 aliphatic carbocycles. The molecule has 3 aromatic carbocycles. The number of para-hydroxylation sites is 1. The molecule has 1 fully saturated rings. The summed E-state index contributed by atoms with van der Waals surface area (Å²) < 4.78 is 2.75. The summed E-state index contributed by atoms with van der Waals surface area (Å²) in [5.74, 6) is -0.113. The van der Waals surface area contributed by atoms with Gasteiger partial charge in [-0.25, -0.2) is 0 Å². The molecule has 0 spiro atoms. The Bertz CT molecular complexity index is 1370. The Morgan fingerprint density at radius 1 is 1.00 bits per heavy atom. The van der Waals surface area contributed by atoms with E-state index in [1.54, 1.807) is 17.0 Å². The number of aryl methyl sites for hydroxylation is 1. The fourth-order valence-corrected chi connectivity index (χ4v) is 5.25. The molecule has 3 nitrogen and oxygen atoms in total. The zero-order chi connectivity index (χ0) is 22.2. The maximum Gasteiger partial charge on any atom is 0.270 e. The first-order chi connectivity index (χ1) is 15.5. The second-order valence-corrected chi connectivity index (χ2v) is 9.82. The number of fused-ring (bicyclic) bond motifs is 1. The minimum absolute atomic E-state index is 0.113. The van der Waals surface area contributed by atoms with Gasteiger partial charge in [-0.05, 0) is 48.9 Å². The molecule has 1 saturated heterocycles. The zero-order valence-corrected chi connectivity index (χ0v) is 19.7. The van der Waals surface area contributed by atoms with E-state index in [2.05, 4.69) is 54.1 Å². The van der Waals surface area contributed by atoms with Gasteiger partial charge in [0.1, 0.15) is 0 Å². The SMILES string of the molecule is Cc1ccc(Cn2cc(/C=C3/SC(=S)N(c4ccc(Cl)cc4)C3=O)c3ccccc32)cc1. The van der Waals surface area contributed by atoms with Crippen molar-refractivity contribution in [3.8, 4) is 0 Å². The Labute approximate surface area is 201 Å². The number of aromatic nitrogens is 1. The number of halogens is 1. The molecular formula is C26H19ClN2OS2. The van der Waals surface area contributed by atoms with Crippen molar-refractivity contribution >= 4 is 68.5 Å². The summed E-state index contributed by atoms with van der Waals surface area (Å²) in [6, 6.07) is 24.0. The van der Waals surface area contributed by atoms with Crippen LogP contribution >= 0.6 is 35.6 Å². The van der Waals surface area contributed by atoms with Crippen LogP contribution in [0.5, 0.6) is 0 Å². The first kappa shape index (κ1) is 21.0. The smallest absolute Gasteiger partial charge is 0.270 e. The monoisotopic (exact) mass is 474 g/mol. The first-order valence-corrected chi connectivity index (χ1v) is 11.8. The highest BCUT2D eigenvalue weighted by atomic mass is 35.5. The van der Waals surface area contributed by atoms with E-state index in [9.17, 15) is 4.79 Å². The lowest BCUT2D eigenvalue weighted by molar-refractivity contribution is -0.113. The number of thioether (sulfide) groups is 1. The van der Waals surface area contributed by atoms with Crippen LogP contribution in [0.25, 0.3) is 17.0 Å². The highest BCUT2D eigenvalue weighted by molar-refractivity contribution is 8.27. The van der Waals surface area contributed by atoms with Crippen LogP contribution in [0.1, 0.15) is 16.7 Å². The van der Waals surface area contributed by atoms with Gasteiger partial charge in [-0.2, -0.15) is 0 Å². The number of hydrogen-bond donors (Lipinski definition) is 0. The van der Waals surface area contributed by atoms with Crippen molar-refractivity contribution in [3.63, 3.8) is 0 Å². The summed E-state index contributed by atoms with van der Waals surface area (Å²) in [4.78, 5) is 15.4. The number of nitrogens with zero attached hydrogens (tertiary/aromatic N) is 2. The fraction of sp³-hybridized carbons (Fsp3) is 0.0769. The summed E-state index contributed by atoms with van der Waals surface area (Å²) in [5, 5.41) is 1.73. The predicted molar refractivity (Wildman–Crippen MR) is 139 cm³/mol. The topological polar surface area (TPSA) is 25.2 Å². The second-order valence-electron chi connectivity index (χ2n) is 7.71. The molecule has 0 atom stereocenters. The van der Waals surface area contributed by atoms with Crippen LogP contribution in [0.4, 0.5) is 5.69 Å². The molecule has 1 amide bonds. The molecule has 5 rings (SSSR count). The molecule has 0 unspecified atom stereocenters. The molecule has 0 radical (unpaired) electrons. The normalized spacial score (nSPS) is 15.3. The molecule has 4 aromatic rings. The van der Waals surface area contributed by atoms with Gasteiger partial charge in [0.2, 0.25) is 0 Å². The van der Waals surface area contributed by atoms with Crippen LogP contribution in [-0.4, -0.2) is 14.8 Å². The largest absolute Gasteiger partial charge is 0.342 e. The lowest BCUT2D eigenvalue weighted by Crippen LogP contribution is -2.27. The summed E-state index contributed by atoms with van der Waals surface area (Å²) >= 11 is 12.8. The van der Waals surface area contributed by atoms with E-state index in [1.165, 1.54) is 22.9 Å². The zero-order valence-electron chi connectivity index (χ0n) is 17.3. The van der Waals surface area contributed by atoms with E-state index >= 15 is 0 Å². The Morgan fingerprint density at radius 3 is 2.47 bits per heavy atom. The summed E-state index contributed by atoms with van der Waals surface area (Å²) in [6.07, 6.45) is 4.06. The minimum Gasteiger partial charge on any atom is -0.342 e. The van der Waals surface area contributed by atoms with Gasteiger partial charge in [-0.3, -0.25) is 9.69 Å². The Kier molecular flexibility index (Phi) is 5.64. The number of carbonyl (C=O) groups is 1. The van der Waals surface area contributed by atoms with Crippen molar-refractivity contribution in [3.05, 3.63) is 106 Å². The number of amides is 1. The molecule has 0 saturated carbocycles. The average Bonchev–Trinajstić information content (AvgIpc) is 3.27. The van der Waals surface area contributed by atoms with Gasteiger partial charge < -0.3 is 4.57 Å². The molecule has 0 bridgehead atoms. The van der Waals surface area contributed by atoms with Crippen molar-refractivity contribution in [2.24, 2.45) is 0 Å². The number of thiocarbonyl (C=S) groups is 1. The van der Waals surface area contributed by atoms with Gasteiger partial charge in [0.15, 0.2) is 4.32 Å². The third-order valence-electron chi connectivity index (χ3n) is 5.46. The van der Waals surface area contributed by atoms with Gasteiger partial charge in [0, 0.05) is 34.2 Å². The van der Waals surface area contributed by atoms with E-state index in [0.29, 0.717) is 14.2 Å². The number of carbonyl (C=O) groups excluding carboxylic acids is 1. The highest BCUT2D eigenvalue weighted by Gasteiger charge is 2.33. The Morgan fingerprint density at radius 2 is 1.72 bits per heavy atom. The highest BCUT2D eigenvalue weighted by Crippen LogP contribution is 2.37. The van der Waals surface area contributed by atoms with Gasteiger partial charge >= 0.3 is 0 Å². The lowest BCUT2D eigenvalue weighted by atomic mass is 10.1. The van der Waals surface area contributed by atoms with Gasteiger partial charge in [-0.15, -0.1) is 0 Å². The van der Waals surface area contributed by atoms with Crippen LogP contribution in [0.15, 0.2) is 83.9 Å². The molecular weight excluding hydrogens is 456 g/mol. The third kappa shape index (κ3) is 3.99. The van der Waals surface area contributed by atoms with Crippen LogP contribution in [0.2, 0.25) is 5.02 Å². The second kappa shape index (κ2) is 8.58. The summed E-state index contributed by atoms with van der Waals surface area (Å²) in [6.45, 7) is 2.85. The predicted octanol–water partition coefficient (Wildman–Crippen LogP) is 7.06. The number of anilines is 1. The van der Waals surface area contributed by atoms with Crippen LogP contribution < -0.4 is 4.90 Å². The van der Waals surface area contributed by atoms with Crippen LogP contribution in [0.3, 0.4) is 0 Å². The van der Waals surface area contributed by atoms with Gasteiger partial charge in [0.25, 0.3) is 5.91 Å². The molecule has 32 heavy (non-hydrogen) atoms. The Hall–Kier alpha value is -2.86. The van der Waals surface area contributed by atoms with Crippen molar-refractivity contribution in [1.29, 1.82) is 0 Å². The number of rotatable bonds is 4. The third-order valence-corrected chi connectivity index (χ3v) is 7.01. The standard InChI is InChI=1S/C26H19ClN2OS2/c1-17-6-8-18(9-7-17)15-28-16-19(22-4-2-3-5-23(22)28)14-24-25(30)29(26(31)32-24)21-12-10-20(27)11-13-21/h2-14,16H,15H2,1H3/b24-14+. The van der Waals surface area contributed by atoms with Crippen LogP contribution in [0, 0.1) is 6.92 Å². The van der Waals surface area contributed by atoms with Crippen molar-refractivity contribution in [2.45, 2.75) is 13.5 Å².